The lowest BCUT2D eigenvalue weighted by molar-refractivity contribution is 0.476. The number of aryl methyl sites for hydroxylation is 2. The van der Waals surface area contributed by atoms with Crippen LogP contribution in [-0.4, -0.2) is 9.78 Å². The normalized spacial score (nSPS) is 12.9. The Labute approximate surface area is 124 Å². The number of halogens is 1. The van der Waals surface area contributed by atoms with Gasteiger partial charge in [0.25, 0.3) is 0 Å². The van der Waals surface area contributed by atoms with Gasteiger partial charge in [0, 0.05) is 6.04 Å². The van der Waals surface area contributed by atoms with Crippen molar-refractivity contribution in [2.45, 2.75) is 39.8 Å². The molecule has 2 rings (SSSR count). The Kier molecular flexibility index (Phi) is 4.48. The number of nitrogens with two attached hydrogens (primary N) is 1. The number of nitrogens with one attached hydrogen (secondary N) is 1. The fourth-order valence-electron chi connectivity index (χ4n) is 2.42. The standard InChI is InChI=1S/C15H21ClN4/c1-9(2)20-15(13(16)8-18-20)14(19-17)12-7-10(3)5-6-11(12)4/h5-9,14,19H,17H2,1-4H3. The summed E-state index contributed by atoms with van der Waals surface area (Å²) >= 11 is 6.33. The highest BCUT2D eigenvalue weighted by atomic mass is 35.5. The maximum absolute atomic E-state index is 6.33. The van der Waals surface area contributed by atoms with Crippen molar-refractivity contribution in [2.24, 2.45) is 5.84 Å². The van der Waals surface area contributed by atoms with E-state index >= 15 is 0 Å². The summed E-state index contributed by atoms with van der Waals surface area (Å²) in [6, 6.07) is 6.37. The van der Waals surface area contributed by atoms with Crippen LogP contribution in [0, 0.1) is 13.8 Å². The van der Waals surface area contributed by atoms with E-state index in [4.69, 9.17) is 17.4 Å². The third-order valence-electron chi connectivity index (χ3n) is 3.46. The number of hydrazine groups is 1. The van der Waals surface area contributed by atoms with Gasteiger partial charge >= 0.3 is 0 Å². The third kappa shape index (κ3) is 2.73. The van der Waals surface area contributed by atoms with E-state index in [1.165, 1.54) is 11.1 Å². The Bertz CT molecular complexity index is 604. The van der Waals surface area contributed by atoms with E-state index in [-0.39, 0.29) is 12.1 Å². The first kappa shape index (κ1) is 15.0. The molecule has 0 aliphatic heterocycles. The highest BCUT2D eigenvalue weighted by Gasteiger charge is 2.23. The Morgan fingerprint density at radius 2 is 2.00 bits per heavy atom. The molecule has 0 aliphatic carbocycles. The smallest absolute Gasteiger partial charge is 0.0896 e. The van der Waals surface area contributed by atoms with Crippen LogP contribution in [-0.2, 0) is 0 Å². The fourth-order valence-corrected chi connectivity index (χ4v) is 2.66. The quantitative estimate of drug-likeness (QED) is 0.671. The van der Waals surface area contributed by atoms with Crippen LogP contribution in [0.4, 0.5) is 0 Å². The number of hydrogen-bond donors (Lipinski definition) is 2. The molecule has 0 amide bonds. The van der Waals surface area contributed by atoms with Gasteiger partial charge in [0.15, 0.2) is 0 Å². The minimum absolute atomic E-state index is 0.174. The van der Waals surface area contributed by atoms with Gasteiger partial charge in [0.05, 0.1) is 23.0 Å². The molecule has 1 unspecified atom stereocenters. The Balaban J connectivity index is 2.58. The minimum atomic E-state index is -0.174. The molecule has 1 aromatic heterocycles. The minimum Gasteiger partial charge on any atom is -0.271 e. The second-order valence-corrected chi connectivity index (χ2v) is 5.78. The molecule has 5 heteroatoms. The average Bonchev–Trinajstić information content (AvgIpc) is 2.77. The Morgan fingerprint density at radius 3 is 2.60 bits per heavy atom. The van der Waals surface area contributed by atoms with Gasteiger partial charge in [-0.3, -0.25) is 10.5 Å². The molecule has 0 radical (unpaired) electrons. The molecule has 1 heterocycles. The Hall–Kier alpha value is -1.36. The van der Waals surface area contributed by atoms with Gasteiger partial charge in [-0.05, 0) is 38.8 Å². The van der Waals surface area contributed by atoms with Crippen LogP contribution >= 0.6 is 11.6 Å². The summed E-state index contributed by atoms with van der Waals surface area (Å²) < 4.78 is 1.91. The second-order valence-electron chi connectivity index (χ2n) is 5.38. The molecule has 1 atom stereocenters. The lowest BCUT2D eigenvalue weighted by atomic mass is 9.97. The molecule has 0 aliphatic rings. The first-order chi connectivity index (χ1) is 9.45. The maximum Gasteiger partial charge on any atom is 0.0896 e. The van der Waals surface area contributed by atoms with E-state index in [0.29, 0.717) is 5.02 Å². The number of aromatic nitrogens is 2. The molecule has 2 aromatic rings. The van der Waals surface area contributed by atoms with E-state index in [9.17, 15) is 0 Å². The number of benzene rings is 1. The molecule has 4 nitrogen and oxygen atoms in total. The van der Waals surface area contributed by atoms with Gasteiger partial charge in [-0.2, -0.15) is 5.10 Å². The molecule has 108 valence electrons. The molecule has 0 bridgehead atoms. The summed E-state index contributed by atoms with van der Waals surface area (Å²) in [4.78, 5) is 0. The van der Waals surface area contributed by atoms with Crippen molar-refractivity contribution in [3.63, 3.8) is 0 Å². The van der Waals surface area contributed by atoms with Crippen LogP contribution in [0.5, 0.6) is 0 Å². The lowest BCUT2D eigenvalue weighted by Crippen LogP contribution is -2.32. The van der Waals surface area contributed by atoms with Gasteiger partial charge in [0.1, 0.15) is 0 Å². The SMILES string of the molecule is Cc1ccc(C)c(C(NN)c2c(Cl)cnn2C(C)C)c1. The van der Waals surface area contributed by atoms with Crippen LogP contribution in [0.3, 0.4) is 0 Å². The topological polar surface area (TPSA) is 55.9 Å². The zero-order valence-electron chi connectivity index (χ0n) is 12.3. The van der Waals surface area contributed by atoms with Crippen molar-refractivity contribution in [1.82, 2.24) is 15.2 Å². The number of hydrogen-bond acceptors (Lipinski definition) is 3. The van der Waals surface area contributed by atoms with Gasteiger partial charge in [-0.1, -0.05) is 35.4 Å². The molecule has 1 aromatic carbocycles. The van der Waals surface area contributed by atoms with Crippen LogP contribution in [0.1, 0.15) is 48.3 Å². The van der Waals surface area contributed by atoms with Crippen molar-refractivity contribution in [2.75, 3.05) is 0 Å². The molecule has 0 spiro atoms. The van der Waals surface area contributed by atoms with Crippen molar-refractivity contribution >= 4 is 11.6 Å². The largest absolute Gasteiger partial charge is 0.271 e. The molecular weight excluding hydrogens is 272 g/mol. The van der Waals surface area contributed by atoms with Crippen molar-refractivity contribution in [3.8, 4) is 0 Å². The summed E-state index contributed by atoms with van der Waals surface area (Å²) in [7, 11) is 0. The monoisotopic (exact) mass is 292 g/mol. The lowest BCUT2D eigenvalue weighted by Gasteiger charge is -2.22. The molecule has 0 saturated carbocycles. The van der Waals surface area contributed by atoms with E-state index in [0.717, 1.165) is 11.3 Å². The number of rotatable bonds is 4. The van der Waals surface area contributed by atoms with Crippen molar-refractivity contribution in [1.29, 1.82) is 0 Å². The molecule has 0 fully saturated rings. The van der Waals surface area contributed by atoms with Gasteiger partial charge in [0.2, 0.25) is 0 Å². The molecule has 0 saturated heterocycles. The first-order valence-electron chi connectivity index (χ1n) is 6.72. The third-order valence-corrected chi connectivity index (χ3v) is 3.75. The van der Waals surface area contributed by atoms with Crippen molar-refractivity contribution < 1.29 is 0 Å². The van der Waals surface area contributed by atoms with Gasteiger partial charge in [-0.25, -0.2) is 5.43 Å². The van der Waals surface area contributed by atoms with Crippen molar-refractivity contribution in [3.05, 3.63) is 51.8 Å². The predicted octanol–water partition coefficient (Wildman–Crippen LogP) is 3.29. The van der Waals surface area contributed by atoms with E-state index in [2.05, 4.69) is 56.4 Å². The van der Waals surface area contributed by atoms with Gasteiger partial charge in [-0.15, -0.1) is 0 Å². The number of nitrogens with zero attached hydrogens (tertiary/aromatic N) is 2. The predicted molar refractivity (Wildman–Crippen MR) is 82.7 cm³/mol. The zero-order chi connectivity index (χ0) is 14.9. The zero-order valence-corrected chi connectivity index (χ0v) is 13.1. The second kappa shape index (κ2) is 5.95. The summed E-state index contributed by atoms with van der Waals surface area (Å²) in [5, 5.41) is 4.98. The highest BCUT2D eigenvalue weighted by molar-refractivity contribution is 6.31. The maximum atomic E-state index is 6.33. The Morgan fingerprint density at radius 1 is 1.30 bits per heavy atom. The summed E-state index contributed by atoms with van der Waals surface area (Å²) in [5.74, 6) is 5.80. The first-order valence-corrected chi connectivity index (χ1v) is 7.09. The summed E-state index contributed by atoms with van der Waals surface area (Å²) in [6.45, 7) is 8.29. The molecule has 3 N–H and O–H groups in total. The summed E-state index contributed by atoms with van der Waals surface area (Å²) in [5.41, 5.74) is 7.27. The van der Waals surface area contributed by atoms with Crippen LogP contribution in [0.25, 0.3) is 0 Å². The van der Waals surface area contributed by atoms with Gasteiger partial charge < -0.3 is 0 Å². The molecule has 20 heavy (non-hydrogen) atoms. The molecular formula is C15H21ClN4. The van der Waals surface area contributed by atoms with E-state index in [1.807, 2.05) is 4.68 Å². The van der Waals surface area contributed by atoms with Crippen LogP contribution < -0.4 is 11.3 Å². The van der Waals surface area contributed by atoms with Crippen LogP contribution in [0.15, 0.2) is 24.4 Å². The van der Waals surface area contributed by atoms with Crippen LogP contribution in [0.2, 0.25) is 5.02 Å². The van der Waals surface area contributed by atoms with E-state index in [1.54, 1.807) is 6.20 Å². The average molecular weight is 293 g/mol. The highest BCUT2D eigenvalue weighted by Crippen LogP contribution is 2.31. The fraction of sp³-hybridized carbons (Fsp3) is 0.400. The van der Waals surface area contributed by atoms with E-state index < -0.39 is 0 Å². The summed E-state index contributed by atoms with van der Waals surface area (Å²) in [6.07, 6.45) is 1.67.